The molecule has 0 aliphatic heterocycles. The Bertz CT molecular complexity index is 776. The van der Waals surface area contributed by atoms with E-state index in [1.807, 2.05) is 12.1 Å². The lowest BCUT2D eigenvalue weighted by Gasteiger charge is -2.06. The van der Waals surface area contributed by atoms with Crippen molar-refractivity contribution in [1.29, 1.82) is 0 Å². The molecule has 5 nitrogen and oxygen atoms in total. The lowest BCUT2D eigenvalue weighted by atomic mass is 10.2. The second kappa shape index (κ2) is 4.11. The first kappa shape index (κ1) is 11.2. The average molecular weight is 279 g/mol. The molecule has 18 heavy (non-hydrogen) atoms. The van der Waals surface area contributed by atoms with Gasteiger partial charge in [-0.05, 0) is 18.2 Å². The number of hydrogen-bond acceptors (Lipinski definition) is 4. The first-order valence-electron chi connectivity index (χ1n) is 5.14. The van der Waals surface area contributed by atoms with Gasteiger partial charge in [0.15, 0.2) is 4.21 Å². The van der Waals surface area contributed by atoms with Crippen molar-refractivity contribution in [1.82, 2.24) is 9.97 Å². The van der Waals surface area contributed by atoms with Crippen molar-refractivity contribution in [3.63, 3.8) is 0 Å². The Morgan fingerprint density at radius 2 is 2.17 bits per heavy atom. The van der Waals surface area contributed by atoms with Gasteiger partial charge in [0.25, 0.3) is 10.0 Å². The minimum Gasteiger partial charge on any atom is -0.361 e. The molecule has 0 saturated carbocycles. The van der Waals surface area contributed by atoms with E-state index in [-0.39, 0.29) is 4.21 Å². The summed E-state index contributed by atoms with van der Waals surface area (Å²) in [5.74, 6) is 0. The van der Waals surface area contributed by atoms with Crippen LogP contribution in [0.15, 0.2) is 46.4 Å². The molecule has 2 N–H and O–H groups in total. The summed E-state index contributed by atoms with van der Waals surface area (Å²) >= 11 is 1.09. The number of aromatic amines is 1. The molecule has 0 fully saturated rings. The summed E-state index contributed by atoms with van der Waals surface area (Å²) in [7, 11) is -3.55. The summed E-state index contributed by atoms with van der Waals surface area (Å²) in [6, 6.07) is 7.25. The van der Waals surface area contributed by atoms with Crippen LogP contribution in [0.25, 0.3) is 10.9 Å². The van der Waals surface area contributed by atoms with Crippen LogP contribution in [0.3, 0.4) is 0 Å². The summed E-state index contributed by atoms with van der Waals surface area (Å²) in [4.78, 5) is 6.81. The highest BCUT2D eigenvalue weighted by atomic mass is 32.2. The van der Waals surface area contributed by atoms with Crippen molar-refractivity contribution in [2.24, 2.45) is 0 Å². The Morgan fingerprint density at radius 3 is 2.94 bits per heavy atom. The third kappa shape index (κ3) is 1.87. The molecule has 92 valence electrons. The van der Waals surface area contributed by atoms with E-state index in [0.29, 0.717) is 5.69 Å². The van der Waals surface area contributed by atoms with E-state index in [4.69, 9.17) is 0 Å². The van der Waals surface area contributed by atoms with Gasteiger partial charge in [-0.2, -0.15) is 0 Å². The van der Waals surface area contributed by atoms with E-state index in [9.17, 15) is 8.42 Å². The summed E-state index contributed by atoms with van der Waals surface area (Å²) < 4.78 is 26.9. The molecule has 2 aromatic heterocycles. The van der Waals surface area contributed by atoms with Crippen LogP contribution in [0, 0.1) is 0 Å². The summed E-state index contributed by atoms with van der Waals surface area (Å²) in [6.45, 7) is 0. The maximum Gasteiger partial charge on any atom is 0.273 e. The fourth-order valence-corrected chi connectivity index (χ4v) is 3.58. The van der Waals surface area contributed by atoms with Crippen molar-refractivity contribution in [2.45, 2.75) is 4.21 Å². The van der Waals surface area contributed by atoms with Crippen LogP contribution in [0.2, 0.25) is 0 Å². The number of hydrogen-bond donors (Lipinski definition) is 2. The monoisotopic (exact) mass is 279 g/mol. The Labute approximate surface area is 108 Å². The van der Waals surface area contributed by atoms with Crippen molar-refractivity contribution in [2.75, 3.05) is 4.72 Å². The molecule has 0 spiro atoms. The van der Waals surface area contributed by atoms with E-state index in [1.165, 1.54) is 11.7 Å². The number of rotatable bonds is 3. The third-order valence-corrected chi connectivity index (χ3v) is 5.15. The molecular formula is C11H9N3O2S2. The first-order chi connectivity index (χ1) is 8.67. The topological polar surface area (TPSA) is 74.8 Å². The van der Waals surface area contributed by atoms with E-state index < -0.39 is 10.0 Å². The van der Waals surface area contributed by atoms with Gasteiger partial charge in [0.05, 0.1) is 17.4 Å². The molecule has 7 heteroatoms. The Kier molecular flexibility index (Phi) is 2.57. The Morgan fingerprint density at radius 1 is 1.28 bits per heavy atom. The van der Waals surface area contributed by atoms with Gasteiger partial charge in [-0.1, -0.05) is 6.07 Å². The van der Waals surface area contributed by atoms with Crippen molar-refractivity contribution in [3.8, 4) is 0 Å². The zero-order valence-electron chi connectivity index (χ0n) is 9.12. The molecule has 0 aliphatic rings. The average Bonchev–Trinajstić information content (AvgIpc) is 3.00. The van der Waals surface area contributed by atoms with Crippen LogP contribution >= 0.6 is 11.3 Å². The van der Waals surface area contributed by atoms with Crippen LogP contribution in [0.5, 0.6) is 0 Å². The zero-order valence-corrected chi connectivity index (χ0v) is 10.8. The number of fused-ring (bicyclic) bond motifs is 1. The van der Waals surface area contributed by atoms with Crippen molar-refractivity contribution < 1.29 is 8.42 Å². The lowest BCUT2D eigenvalue weighted by Crippen LogP contribution is -2.11. The lowest BCUT2D eigenvalue weighted by molar-refractivity contribution is 0.603. The van der Waals surface area contributed by atoms with Crippen LogP contribution < -0.4 is 4.72 Å². The number of nitrogens with one attached hydrogen (secondary N) is 2. The first-order valence-corrected chi connectivity index (χ1v) is 7.50. The molecule has 3 aromatic rings. The van der Waals surface area contributed by atoms with Crippen LogP contribution in [-0.4, -0.2) is 18.4 Å². The van der Waals surface area contributed by atoms with E-state index in [0.717, 1.165) is 22.2 Å². The second-order valence-corrected chi connectivity index (χ2v) is 6.47. The summed E-state index contributed by atoms with van der Waals surface area (Å²) in [6.07, 6.45) is 3.11. The number of benzene rings is 1. The van der Waals surface area contributed by atoms with Gasteiger partial charge < -0.3 is 4.98 Å². The minimum absolute atomic E-state index is 0.204. The van der Waals surface area contributed by atoms with E-state index in [1.54, 1.807) is 18.3 Å². The second-order valence-electron chi connectivity index (χ2n) is 3.67. The van der Waals surface area contributed by atoms with E-state index >= 15 is 0 Å². The molecule has 0 atom stereocenters. The zero-order chi connectivity index (χ0) is 12.6. The quantitative estimate of drug-likeness (QED) is 0.773. The number of anilines is 1. The Balaban J connectivity index is 2.05. The Hall–Kier alpha value is -1.86. The third-order valence-electron chi connectivity index (χ3n) is 2.51. The highest BCUT2D eigenvalue weighted by Gasteiger charge is 2.17. The normalized spacial score (nSPS) is 11.8. The van der Waals surface area contributed by atoms with Gasteiger partial charge >= 0.3 is 0 Å². The van der Waals surface area contributed by atoms with Crippen LogP contribution in [0.4, 0.5) is 5.69 Å². The highest BCUT2D eigenvalue weighted by molar-refractivity contribution is 7.94. The molecule has 0 saturated heterocycles. The van der Waals surface area contributed by atoms with E-state index in [2.05, 4.69) is 14.7 Å². The predicted molar refractivity (Wildman–Crippen MR) is 71.2 cm³/mol. The number of aromatic nitrogens is 2. The smallest absolute Gasteiger partial charge is 0.273 e. The molecule has 0 bridgehead atoms. The standard InChI is InChI=1S/C11H9N3O2S2/c15-18(16,11-6-12-7-17-11)14-10-3-1-2-9-8(10)4-5-13-9/h1-7,13-14H. The summed E-state index contributed by atoms with van der Waals surface area (Å²) in [5.41, 5.74) is 2.94. The SMILES string of the molecule is O=S(=O)(Nc1cccc2[nH]ccc12)c1cncs1. The van der Waals surface area contributed by atoms with Gasteiger partial charge in [-0.15, -0.1) is 11.3 Å². The van der Waals surface area contributed by atoms with Crippen LogP contribution in [-0.2, 0) is 10.0 Å². The molecule has 1 aromatic carbocycles. The molecule has 0 radical (unpaired) electrons. The number of sulfonamides is 1. The highest BCUT2D eigenvalue weighted by Crippen LogP contribution is 2.25. The van der Waals surface area contributed by atoms with Gasteiger partial charge in [-0.25, -0.2) is 8.42 Å². The number of H-pyrrole nitrogens is 1. The van der Waals surface area contributed by atoms with Crippen molar-refractivity contribution >= 4 is 38.0 Å². The molecular weight excluding hydrogens is 270 g/mol. The molecule has 0 amide bonds. The maximum absolute atomic E-state index is 12.1. The largest absolute Gasteiger partial charge is 0.361 e. The van der Waals surface area contributed by atoms with Gasteiger partial charge in [0.1, 0.15) is 0 Å². The molecule has 0 unspecified atom stereocenters. The molecule has 0 aliphatic carbocycles. The summed E-state index contributed by atoms with van der Waals surface area (Å²) in [5, 5.41) is 0.839. The maximum atomic E-state index is 12.1. The fourth-order valence-electron chi connectivity index (χ4n) is 1.71. The van der Waals surface area contributed by atoms with Crippen molar-refractivity contribution in [3.05, 3.63) is 42.2 Å². The van der Waals surface area contributed by atoms with Gasteiger partial charge in [0, 0.05) is 17.1 Å². The van der Waals surface area contributed by atoms with Crippen LogP contribution in [0.1, 0.15) is 0 Å². The fraction of sp³-hybridized carbons (Fsp3) is 0. The minimum atomic E-state index is -3.55. The number of nitrogens with zero attached hydrogens (tertiary/aromatic N) is 1. The number of thiazole rings is 1. The van der Waals surface area contributed by atoms with Gasteiger partial charge in [0.2, 0.25) is 0 Å². The predicted octanol–water partition coefficient (Wildman–Crippen LogP) is 2.43. The molecule has 3 rings (SSSR count). The van der Waals surface area contributed by atoms with Gasteiger partial charge in [-0.3, -0.25) is 9.71 Å². The molecule has 2 heterocycles.